The maximum Gasteiger partial charge on any atom is 0.338 e. The topological polar surface area (TPSA) is 132 Å². The Hall–Kier alpha value is -3.56. The number of methoxy groups -OCH3 is 2. The summed E-state index contributed by atoms with van der Waals surface area (Å²) < 4.78 is 17.2. The van der Waals surface area contributed by atoms with Crippen LogP contribution in [0.25, 0.3) is 0 Å². The molecule has 30 heavy (non-hydrogen) atoms. The Morgan fingerprint density at radius 1 is 1.10 bits per heavy atom. The average molecular weight is 419 g/mol. The summed E-state index contributed by atoms with van der Waals surface area (Å²) >= 11 is 0. The number of ether oxygens (including phenoxy) is 3. The highest BCUT2D eigenvalue weighted by Gasteiger charge is 2.23. The van der Waals surface area contributed by atoms with Gasteiger partial charge in [0.15, 0.2) is 18.1 Å². The molecule has 0 aliphatic rings. The molecule has 1 heterocycles. The summed E-state index contributed by atoms with van der Waals surface area (Å²) in [5, 5.41) is 0. The number of aromatic nitrogens is 2. The van der Waals surface area contributed by atoms with Crippen LogP contribution < -0.4 is 26.5 Å². The first-order chi connectivity index (χ1) is 14.1. The van der Waals surface area contributed by atoms with Crippen molar-refractivity contribution in [3.63, 3.8) is 0 Å². The lowest BCUT2D eigenvalue weighted by Gasteiger charge is -2.16. The molecule has 0 aliphatic carbocycles. The van der Waals surface area contributed by atoms with E-state index < -0.39 is 35.2 Å². The van der Waals surface area contributed by atoms with Gasteiger partial charge in [-0.15, -0.1) is 0 Å². The van der Waals surface area contributed by atoms with Crippen LogP contribution in [-0.4, -0.2) is 41.7 Å². The van der Waals surface area contributed by atoms with Crippen molar-refractivity contribution < 1.29 is 23.8 Å². The molecule has 0 atom stereocenters. The van der Waals surface area contributed by atoms with Gasteiger partial charge in [-0.1, -0.05) is 13.8 Å². The summed E-state index contributed by atoms with van der Waals surface area (Å²) in [7, 11) is 4.13. The fraction of sp³-hybridized carbons (Fsp3) is 0.400. The van der Waals surface area contributed by atoms with E-state index in [9.17, 15) is 19.2 Å². The third-order valence-corrected chi connectivity index (χ3v) is 4.36. The fourth-order valence-electron chi connectivity index (χ4n) is 2.84. The lowest BCUT2D eigenvalue weighted by Crippen LogP contribution is -2.43. The molecule has 10 heteroatoms. The third-order valence-electron chi connectivity index (χ3n) is 4.36. The minimum Gasteiger partial charge on any atom is -0.493 e. The number of nitrogens with zero attached hydrogens (tertiary/aromatic N) is 2. The molecule has 0 unspecified atom stereocenters. The van der Waals surface area contributed by atoms with Crippen molar-refractivity contribution in [3.05, 3.63) is 50.2 Å². The zero-order valence-electron chi connectivity index (χ0n) is 17.6. The number of rotatable bonds is 8. The normalized spacial score (nSPS) is 10.7. The van der Waals surface area contributed by atoms with Crippen LogP contribution in [0.3, 0.4) is 0 Å². The number of carbonyl (C=O) groups excluding carboxylic acids is 2. The van der Waals surface area contributed by atoms with Crippen molar-refractivity contribution >= 4 is 17.6 Å². The van der Waals surface area contributed by atoms with E-state index in [1.807, 2.05) is 13.8 Å². The van der Waals surface area contributed by atoms with E-state index in [4.69, 9.17) is 19.9 Å². The zero-order valence-corrected chi connectivity index (χ0v) is 17.6. The number of nitrogens with two attached hydrogens (primary N) is 1. The molecule has 2 aromatic rings. The number of Topliss-reactive ketones (excluding diaryl/α,β-unsaturated/α-hetero) is 1. The molecule has 0 fully saturated rings. The van der Waals surface area contributed by atoms with Crippen LogP contribution in [-0.2, 0) is 18.3 Å². The Balaban J connectivity index is 2.28. The Labute approximate surface area is 172 Å². The molecule has 1 aromatic heterocycles. The molecular weight excluding hydrogens is 394 g/mol. The number of nitrogen functional groups attached to an aromatic ring is 1. The smallest absolute Gasteiger partial charge is 0.338 e. The van der Waals surface area contributed by atoms with Gasteiger partial charge in [0.1, 0.15) is 11.4 Å². The third kappa shape index (κ3) is 4.53. The summed E-state index contributed by atoms with van der Waals surface area (Å²) in [5.74, 6) is -1.06. The van der Waals surface area contributed by atoms with Crippen molar-refractivity contribution in [2.75, 3.05) is 26.6 Å². The second-order valence-corrected chi connectivity index (χ2v) is 6.98. The zero-order chi connectivity index (χ0) is 22.6. The van der Waals surface area contributed by atoms with Gasteiger partial charge in [0, 0.05) is 13.6 Å². The summed E-state index contributed by atoms with van der Waals surface area (Å²) in [5.41, 5.74) is 4.22. The molecule has 0 bridgehead atoms. The minimum absolute atomic E-state index is 0.0494. The second kappa shape index (κ2) is 9.29. The maximum atomic E-state index is 12.6. The first-order valence-electron chi connectivity index (χ1n) is 9.14. The molecule has 0 saturated carbocycles. The van der Waals surface area contributed by atoms with Crippen LogP contribution in [0.1, 0.15) is 34.6 Å². The molecule has 0 radical (unpaired) electrons. The van der Waals surface area contributed by atoms with Crippen molar-refractivity contribution in [2.24, 2.45) is 13.0 Å². The monoisotopic (exact) mass is 419 g/mol. The molecule has 1 aromatic carbocycles. The van der Waals surface area contributed by atoms with E-state index in [0.717, 1.165) is 9.13 Å². The summed E-state index contributed by atoms with van der Waals surface area (Å²) in [6.45, 7) is 3.24. The predicted molar refractivity (Wildman–Crippen MR) is 109 cm³/mol. The highest BCUT2D eigenvalue weighted by Crippen LogP contribution is 2.27. The molecular formula is C20H25N3O7. The van der Waals surface area contributed by atoms with Gasteiger partial charge in [-0.25, -0.2) is 9.59 Å². The Morgan fingerprint density at radius 3 is 2.30 bits per heavy atom. The molecule has 10 nitrogen and oxygen atoms in total. The Kier molecular flexibility index (Phi) is 7.04. The average Bonchev–Trinajstić information content (AvgIpc) is 2.72. The molecule has 2 N–H and O–H groups in total. The van der Waals surface area contributed by atoms with Gasteiger partial charge < -0.3 is 19.9 Å². The number of anilines is 1. The van der Waals surface area contributed by atoms with E-state index >= 15 is 0 Å². The Bertz CT molecular complexity index is 1080. The van der Waals surface area contributed by atoms with Crippen molar-refractivity contribution in [3.8, 4) is 11.5 Å². The predicted octanol–water partition coefficient (Wildman–Crippen LogP) is 0.842. The van der Waals surface area contributed by atoms with Crippen LogP contribution >= 0.6 is 0 Å². The van der Waals surface area contributed by atoms with Gasteiger partial charge in [0.05, 0.1) is 19.8 Å². The highest BCUT2D eigenvalue weighted by atomic mass is 16.5. The highest BCUT2D eigenvalue weighted by molar-refractivity contribution is 6.02. The van der Waals surface area contributed by atoms with Gasteiger partial charge in [0.2, 0.25) is 5.78 Å². The van der Waals surface area contributed by atoms with Crippen molar-refractivity contribution in [2.45, 2.75) is 20.4 Å². The molecule has 0 amide bonds. The SMILES string of the molecule is COc1ccc(C(=O)OCC(=O)c2c(N)n(CC(C)C)c(=O)n(C)c2=O)cc1OC. The van der Waals surface area contributed by atoms with Gasteiger partial charge in [-0.2, -0.15) is 0 Å². The van der Waals surface area contributed by atoms with E-state index in [0.29, 0.717) is 11.5 Å². The Morgan fingerprint density at radius 2 is 1.73 bits per heavy atom. The first kappa shape index (κ1) is 22.7. The minimum atomic E-state index is -0.843. The summed E-state index contributed by atoms with van der Waals surface area (Å²) in [4.78, 5) is 49.7. The largest absolute Gasteiger partial charge is 0.493 e. The lowest BCUT2D eigenvalue weighted by atomic mass is 10.1. The molecule has 162 valence electrons. The molecule has 0 spiro atoms. The van der Waals surface area contributed by atoms with Crippen molar-refractivity contribution in [1.29, 1.82) is 0 Å². The fourth-order valence-corrected chi connectivity index (χ4v) is 2.84. The molecule has 2 rings (SSSR count). The number of carbonyl (C=O) groups is 2. The van der Waals surface area contributed by atoms with E-state index in [-0.39, 0.29) is 23.8 Å². The van der Waals surface area contributed by atoms with E-state index in [2.05, 4.69) is 0 Å². The summed E-state index contributed by atoms with van der Waals surface area (Å²) in [6, 6.07) is 4.37. The van der Waals surface area contributed by atoms with Crippen molar-refractivity contribution in [1.82, 2.24) is 9.13 Å². The molecule has 0 aliphatic heterocycles. The van der Waals surface area contributed by atoms with Crippen LogP contribution in [0.4, 0.5) is 5.82 Å². The van der Waals surface area contributed by atoms with E-state index in [1.165, 1.54) is 39.5 Å². The second-order valence-electron chi connectivity index (χ2n) is 6.98. The maximum absolute atomic E-state index is 12.6. The standard InChI is InChI=1S/C20H25N3O7/c1-11(2)9-23-17(21)16(18(25)22(3)20(23)27)13(24)10-30-19(26)12-6-7-14(28-4)15(8-12)29-5/h6-8,11H,9-10,21H2,1-5H3. The van der Waals surface area contributed by atoms with Gasteiger partial charge in [-0.3, -0.25) is 18.7 Å². The van der Waals surface area contributed by atoms with Gasteiger partial charge >= 0.3 is 11.7 Å². The number of esters is 1. The summed E-state index contributed by atoms with van der Waals surface area (Å²) in [6.07, 6.45) is 0. The van der Waals surface area contributed by atoms with E-state index in [1.54, 1.807) is 0 Å². The van der Waals surface area contributed by atoms with Crippen LogP contribution in [0.5, 0.6) is 11.5 Å². The van der Waals surface area contributed by atoms with Crippen LogP contribution in [0.15, 0.2) is 27.8 Å². The van der Waals surface area contributed by atoms with Crippen LogP contribution in [0.2, 0.25) is 0 Å². The number of hydrogen-bond acceptors (Lipinski definition) is 8. The lowest BCUT2D eigenvalue weighted by molar-refractivity contribution is 0.0473. The van der Waals surface area contributed by atoms with Gasteiger partial charge in [0.25, 0.3) is 5.56 Å². The van der Waals surface area contributed by atoms with Crippen LogP contribution in [0, 0.1) is 5.92 Å². The van der Waals surface area contributed by atoms with Gasteiger partial charge in [-0.05, 0) is 24.1 Å². The number of hydrogen-bond donors (Lipinski definition) is 1. The number of ketones is 1. The quantitative estimate of drug-likeness (QED) is 0.492. The first-order valence-corrected chi connectivity index (χ1v) is 9.14. The molecule has 0 saturated heterocycles. The number of benzene rings is 1.